The normalized spacial score (nSPS) is 15.0. The molecule has 0 radical (unpaired) electrons. The topological polar surface area (TPSA) is 12.5 Å². The third-order valence-electron chi connectivity index (χ3n) is 11.9. The Morgan fingerprint density at radius 2 is 1.09 bits per heavy atom. The van der Waals surface area contributed by atoms with E-state index in [1.807, 2.05) is 11.3 Å². The van der Waals surface area contributed by atoms with Crippen molar-refractivity contribution in [3.05, 3.63) is 222 Å². The molecule has 1 spiro atoms. The van der Waals surface area contributed by atoms with Crippen LogP contribution in [0.15, 0.2) is 200 Å². The molecule has 0 N–H and O–H groups in total. The third-order valence-corrected chi connectivity index (χ3v) is 13.1. The molecule has 0 saturated heterocycles. The molecular weight excluding hydrogens is 699 g/mol. The molecule has 0 amide bonds. The Kier molecular flexibility index (Phi) is 6.75. The van der Waals surface area contributed by atoms with Crippen LogP contribution in [0.5, 0.6) is 11.5 Å². The molecule has 1 atom stereocenters. The second-order valence-electron chi connectivity index (χ2n) is 14.8. The van der Waals surface area contributed by atoms with Crippen molar-refractivity contribution in [3.63, 3.8) is 0 Å². The summed E-state index contributed by atoms with van der Waals surface area (Å²) in [5.74, 6) is 1.83. The molecule has 9 aromatic carbocycles. The largest absolute Gasteiger partial charge is 0.456 e. The van der Waals surface area contributed by atoms with Gasteiger partial charge in [-0.2, -0.15) is 0 Å². The van der Waals surface area contributed by atoms with Crippen LogP contribution < -0.4 is 9.64 Å². The van der Waals surface area contributed by atoms with Gasteiger partial charge in [-0.05, 0) is 69.6 Å². The van der Waals surface area contributed by atoms with E-state index in [9.17, 15) is 0 Å². The fourth-order valence-electron chi connectivity index (χ4n) is 9.59. The quantitative estimate of drug-likeness (QED) is 0.179. The van der Waals surface area contributed by atoms with Crippen molar-refractivity contribution in [1.29, 1.82) is 0 Å². The van der Waals surface area contributed by atoms with Gasteiger partial charge in [-0.3, -0.25) is 0 Å². The number of para-hydroxylation sites is 1. The van der Waals surface area contributed by atoms with Gasteiger partial charge in [0.15, 0.2) is 0 Å². The van der Waals surface area contributed by atoms with Crippen molar-refractivity contribution in [2.45, 2.75) is 5.41 Å². The van der Waals surface area contributed by atoms with Gasteiger partial charge in [0, 0.05) is 43.2 Å². The molecule has 0 saturated carbocycles. The van der Waals surface area contributed by atoms with E-state index in [2.05, 4.69) is 205 Å². The van der Waals surface area contributed by atoms with E-state index in [4.69, 9.17) is 4.74 Å². The molecule has 56 heavy (non-hydrogen) atoms. The van der Waals surface area contributed by atoms with E-state index in [1.54, 1.807) is 0 Å². The van der Waals surface area contributed by atoms with Gasteiger partial charge in [0.25, 0.3) is 0 Å². The number of hydrogen-bond acceptors (Lipinski definition) is 3. The number of anilines is 3. The van der Waals surface area contributed by atoms with Crippen LogP contribution in [0.1, 0.15) is 22.3 Å². The van der Waals surface area contributed by atoms with Gasteiger partial charge < -0.3 is 9.64 Å². The van der Waals surface area contributed by atoms with Gasteiger partial charge in [0.2, 0.25) is 0 Å². The fraction of sp³-hybridized carbons (Fsp3) is 0.0189. The molecule has 262 valence electrons. The number of rotatable bonds is 4. The maximum absolute atomic E-state index is 6.94. The Bertz CT molecular complexity index is 3180. The Labute approximate surface area is 329 Å². The van der Waals surface area contributed by atoms with Crippen molar-refractivity contribution >= 4 is 59.3 Å². The molecular formula is C53H33NOS. The van der Waals surface area contributed by atoms with E-state index in [0.29, 0.717) is 0 Å². The van der Waals surface area contributed by atoms with Gasteiger partial charge in [-0.1, -0.05) is 164 Å². The third kappa shape index (κ3) is 4.32. The van der Waals surface area contributed by atoms with Crippen LogP contribution in [0, 0.1) is 0 Å². The lowest BCUT2D eigenvalue weighted by molar-refractivity contribution is 0.441. The predicted octanol–water partition coefficient (Wildman–Crippen LogP) is 14.8. The molecule has 1 aromatic heterocycles. The zero-order valence-electron chi connectivity index (χ0n) is 30.3. The highest BCUT2D eigenvalue weighted by Gasteiger charge is 2.52. The zero-order chi connectivity index (χ0) is 36.8. The van der Waals surface area contributed by atoms with Gasteiger partial charge in [-0.25, -0.2) is 0 Å². The summed E-state index contributed by atoms with van der Waals surface area (Å²) in [7, 11) is 0. The molecule has 0 bridgehead atoms. The first-order chi connectivity index (χ1) is 27.8. The number of ether oxygens (including phenoxy) is 1. The molecule has 1 unspecified atom stereocenters. The average molecular weight is 732 g/mol. The summed E-state index contributed by atoms with van der Waals surface area (Å²) in [5.41, 5.74) is 12.6. The molecule has 2 heterocycles. The highest BCUT2D eigenvalue weighted by atomic mass is 32.1. The zero-order valence-corrected chi connectivity index (χ0v) is 31.1. The van der Waals surface area contributed by atoms with Gasteiger partial charge in [-0.15, -0.1) is 11.3 Å². The molecule has 1 aliphatic carbocycles. The van der Waals surface area contributed by atoms with Crippen LogP contribution in [-0.2, 0) is 5.41 Å². The van der Waals surface area contributed by atoms with Crippen molar-refractivity contribution < 1.29 is 4.74 Å². The Morgan fingerprint density at radius 1 is 0.429 bits per heavy atom. The van der Waals surface area contributed by atoms with Crippen LogP contribution >= 0.6 is 11.3 Å². The van der Waals surface area contributed by atoms with Crippen LogP contribution in [0.2, 0.25) is 0 Å². The number of hydrogen-bond donors (Lipinski definition) is 0. The van der Waals surface area contributed by atoms with E-state index < -0.39 is 5.41 Å². The maximum atomic E-state index is 6.94. The molecule has 2 nitrogen and oxygen atoms in total. The van der Waals surface area contributed by atoms with E-state index >= 15 is 0 Å². The predicted molar refractivity (Wildman–Crippen MR) is 234 cm³/mol. The maximum Gasteiger partial charge on any atom is 0.140 e. The lowest BCUT2D eigenvalue weighted by Crippen LogP contribution is -2.32. The standard InChI is InChI=1S/C53H33NOS/c1-2-14-34(15-3-1)35-28-31-37(32-29-35)54(47-25-12-20-40-39-18-7-11-27-49(39)56-52(40)47)46-24-13-23-44-50(46)41-19-6-8-21-42(41)53(44)43-22-9-10-26-48(43)55-51-38-17-5-4-16-36(38)30-33-45(51)53/h1-33H. The molecule has 1 aliphatic heterocycles. The van der Waals surface area contributed by atoms with Crippen LogP contribution in [-0.4, -0.2) is 0 Å². The Hall–Kier alpha value is -6.94. The van der Waals surface area contributed by atoms with Crippen LogP contribution in [0.3, 0.4) is 0 Å². The van der Waals surface area contributed by atoms with Crippen LogP contribution in [0.4, 0.5) is 17.1 Å². The number of fused-ring (bicyclic) bond motifs is 14. The SMILES string of the molecule is c1ccc(-c2ccc(N(c3cccc4c3-c3ccccc3C43c4ccccc4Oc4c3ccc3ccccc43)c3cccc4c3sc3ccccc34)cc2)cc1. The van der Waals surface area contributed by atoms with E-state index in [0.717, 1.165) is 33.8 Å². The number of benzene rings is 9. The highest BCUT2D eigenvalue weighted by molar-refractivity contribution is 7.26. The first-order valence-corrected chi connectivity index (χ1v) is 20.0. The minimum absolute atomic E-state index is 0.595. The summed E-state index contributed by atoms with van der Waals surface area (Å²) in [5, 5.41) is 4.86. The monoisotopic (exact) mass is 731 g/mol. The van der Waals surface area contributed by atoms with Crippen LogP contribution in [0.25, 0.3) is 53.2 Å². The second-order valence-corrected chi connectivity index (χ2v) is 15.8. The molecule has 2 aliphatic rings. The van der Waals surface area contributed by atoms with E-state index in [-0.39, 0.29) is 0 Å². The summed E-state index contributed by atoms with van der Waals surface area (Å²) < 4.78 is 9.50. The van der Waals surface area contributed by atoms with Crippen molar-refractivity contribution in [3.8, 4) is 33.8 Å². The highest BCUT2D eigenvalue weighted by Crippen LogP contribution is 2.65. The Morgan fingerprint density at radius 3 is 1.98 bits per heavy atom. The minimum atomic E-state index is -0.595. The summed E-state index contributed by atoms with van der Waals surface area (Å²) in [4.78, 5) is 2.51. The Balaban J connectivity index is 1.18. The summed E-state index contributed by atoms with van der Waals surface area (Å²) in [6, 6.07) is 73.1. The first kappa shape index (κ1) is 31.4. The lowest BCUT2D eigenvalue weighted by Gasteiger charge is -2.40. The molecule has 12 rings (SSSR count). The summed E-state index contributed by atoms with van der Waals surface area (Å²) in [6.45, 7) is 0. The minimum Gasteiger partial charge on any atom is -0.456 e. The molecule has 10 aromatic rings. The second kappa shape index (κ2) is 12.0. The fourth-order valence-corrected chi connectivity index (χ4v) is 10.8. The number of nitrogens with zero attached hydrogens (tertiary/aromatic N) is 1. The summed E-state index contributed by atoms with van der Waals surface area (Å²) in [6.07, 6.45) is 0. The first-order valence-electron chi connectivity index (χ1n) is 19.2. The van der Waals surface area contributed by atoms with Crippen molar-refractivity contribution in [1.82, 2.24) is 0 Å². The number of thiophene rings is 1. The van der Waals surface area contributed by atoms with Gasteiger partial charge in [0.05, 0.1) is 21.5 Å². The van der Waals surface area contributed by atoms with Crippen molar-refractivity contribution in [2.24, 2.45) is 0 Å². The molecule has 0 fully saturated rings. The lowest BCUT2D eigenvalue weighted by atomic mass is 9.65. The van der Waals surface area contributed by atoms with Gasteiger partial charge >= 0.3 is 0 Å². The average Bonchev–Trinajstić information content (AvgIpc) is 3.79. The van der Waals surface area contributed by atoms with Gasteiger partial charge in [0.1, 0.15) is 11.5 Å². The molecule has 3 heteroatoms. The van der Waals surface area contributed by atoms with E-state index in [1.165, 1.54) is 70.2 Å². The van der Waals surface area contributed by atoms with Crippen molar-refractivity contribution in [2.75, 3.05) is 4.90 Å². The summed E-state index contributed by atoms with van der Waals surface area (Å²) >= 11 is 1.87. The smallest absolute Gasteiger partial charge is 0.140 e.